The molecule has 1 aromatic rings. The van der Waals surface area contributed by atoms with Crippen LogP contribution in [-0.4, -0.2) is 20.2 Å². The van der Waals surface area contributed by atoms with Gasteiger partial charge in [-0.15, -0.1) is 0 Å². The first-order chi connectivity index (χ1) is 6.67. The monoisotopic (exact) mass is 194 g/mol. The lowest BCUT2D eigenvalue weighted by Gasteiger charge is -2.07. The third-order valence-corrected chi connectivity index (χ3v) is 1.88. The number of carbonyl (C=O) groups excluding carboxylic acids is 1. The molecule has 0 aliphatic rings. The highest BCUT2D eigenvalue weighted by atomic mass is 16.5. The second kappa shape index (κ2) is 4.50. The van der Waals surface area contributed by atoms with Crippen molar-refractivity contribution in [2.24, 2.45) is 0 Å². The van der Waals surface area contributed by atoms with Crippen LogP contribution in [-0.2, 0) is 0 Å². The zero-order chi connectivity index (χ0) is 10.6. The summed E-state index contributed by atoms with van der Waals surface area (Å²) in [5.41, 5.74) is 2.06. The molecule has 4 nitrogen and oxygen atoms in total. The Hall–Kier alpha value is -1.71. The highest BCUT2D eigenvalue weighted by Gasteiger charge is 2.02. The van der Waals surface area contributed by atoms with Crippen molar-refractivity contribution in [3.63, 3.8) is 0 Å². The molecule has 1 aromatic carbocycles. The number of benzene rings is 1. The van der Waals surface area contributed by atoms with E-state index in [1.54, 1.807) is 12.1 Å². The minimum absolute atomic E-state index is 0.457. The maximum Gasteiger partial charge on any atom is 0.412 e. The minimum atomic E-state index is -0.457. The molecule has 4 heteroatoms. The summed E-state index contributed by atoms with van der Waals surface area (Å²) >= 11 is 0. The molecule has 0 atom stereocenters. The Balaban J connectivity index is 2.81. The van der Waals surface area contributed by atoms with Gasteiger partial charge in [-0.25, -0.2) is 4.79 Å². The minimum Gasteiger partial charge on any atom is -0.410 e. The summed E-state index contributed by atoms with van der Waals surface area (Å²) in [5, 5.41) is 5.42. The highest BCUT2D eigenvalue weighted by molar-refractivity contribution is 5.70. The molecule has 0 unspecified atom stereocenters. The molecule has 0 aromatic heterocycles. The van der Waals surface area contributed by atoms with Crippen LogP contribution in [0.2, 0.25) is 0 Å². The number of ether oxygens (including phenoxy) is 1. The van der Waals surface area contributed by atoms with E-state index in [4.69, 9.17) is 4.74 Å². The molecule has 0 heterocycles. The molecule has 0 saturated heterocycles. The van der Waals surface area contributed by atoms with Crippen LogP contribution in [0.4, 0.5) is 10.5 Å². The van der Waals surface area contributed by atoms with Crippen molar-refractivity contribution < 1.29 is 9.53 Å². The molecule has 0 radical (unpaired) electrons. The smallest absolute Gasteiger partial charge is 0.410 e. The number of carbonyl (C=O) groups is 1. The molecule has 0 aliphatic heterocycles. The molecule has 0 spiro atoms. The van der Waals surface area contributed by atoms with Crippen molar-refractivity contribution in [2.45, 2.75) is 6.92 Å². The van der Waals surface area contributed by atoms with Crippen molar-refractivity contribution in [1.29, 1.82) is 0 Å². The summed E-state index contributed by atoms with van der Waals surface area (Å²) in [5.74, 6) is 0.542. The SMILES string of the molecule is CNC(=O)Oc1ccc(NC)c(C)c1. The number of rotatable bonds is 2. The maximum absolute atomic E-state index is 10.9. The van der Waals surface area contributed by atoms with Crippen molar-refractivity contribution in [2.75, 3.05) is 19.4 Å². The Labute approximate surface area is 83.3 Å². The van der Waals surface area contributed by atoms with Crippen LogP contribution in [0.25, 0.3) is 0 Å². The van der Waals surface area contributed by atoms with E-state index in [0.29, 0.717) is 5.75 Å². The van der Waals surface area contributed by atoms with Crippen LogP contribution in [0.1, 0.15) is 5.56 Å². The summed E-state index contributed by atoms with van der Waals surface area (Å²) < 4.78 is 4.97. The third kappa shape index (κ3) is 2.39. The van der Waals surface area contributed by atoms with Gasteiger partial charge in [-0.3, -0.25) is 0 Å². The molecule has 0 saturated carbocycles. The van der Waals surface area contributed by atoms with Gasteiger partial charge in [-0.05, 0) is 30.7 Å². The Morgan fingerprint density at radius 1 is 1.36 bits per heavy atom. The van der Waals surface area contributed by atoms with Crippen molar-refractivity contribution in [3.05, 3.63) is 23.8 Å². The lowest BCUT2D eigenvalue weighted by atomic mass is 10.2. The Morgan fingerprint density at radius 2 is 2.07 bits per heavy atom. The van der Waals surface area contributed by atoms with Gasteiger partial charge in [0.05, 0.1) is 0 Å². The van der Waals surface area contributed by atoms with E-state index >= 15 is 0 Å². The Bertz CT molecular complexity index is 337. The van der Waals surface area contributed by atoms with Gasteiger partial charge < -0.3 is 15.4 Å². The molecular formula is C10H14N2O2. The van der Waals surface area contributed by atoms with E-state index in [1.807, 2.05) is 20.0 Å². The van der Waals surface area contributed by atoms with Crippen molar-refractivity contribution in [3.8, 4) is 5.75 Å². The van der Waals surface area contributed by atoms with Crippen LogP contribution in [0.15, 0.2) is 18.2 Å². The quantitative estimate of drug-likeness (QED) is 0.754. The molecule has 0 bridgehead atoms. The van der Waals surface area contributed by atoms with Gasteiger partial charge in [0.15, 0.2) is 0 Å². The van der Waals surface area contributed by atoms with Gasteiger partial charge in [0.1, 0.15) is 5.75 Å². The fourth-order valence-corrected chi connectivity index (χ4v) is 1.14. The largest absolute Gasteiger partial charge is 0.412 e. The predicted molar refractivity (Wildman–Crippen MR) is 55.8 cm³/mol. The van der Waals surface area contributed by atoms with Gasteiger partial charge in [0.2, 0.25) is 0 Å². The fraction of sp³-hybridized carbons (Fsp3) is 0.300. The van der Waals surface area contributed by atoms with E-state index in [0.717, 1.165) is 11.3 Å². The fourth-order valence-electron chi connectivity index (χ4n) is 1.14. The number of nitrogens with one attached hydrogen (secondary N) is 2. The maximum atomic E-state index is 10.9. The van der Waals surface area contributed by atoms with Crippen LogP contribution in [0.5, 0.6) is 5.75 Å². The standard InChI is InChI=1S/C10H14N2O2/c1-7-6-8(14-10(13)12-3)4-5-9(7)11-2/h4-6,11H,1-3H3,(H,12,13). The lowest BCUT2D eigenvalue weighted by molar-refractivity contribution is 0.203. The van der Waals surface area contributed by atoms with E-state index in [9.17, 15) is 4.79 Å². The molecule has 0 fully saturated rings. The Morgan fingerprint density at radius 3 is 2.57 bits per heavy atom. The van der Waals surface area contributed by atoms with Gasteiger partial charge in [-0.1, -0.05) is 0 Å². The van der Waals surface area contributed by atoms with E-state index in [-0.39, 0.29) is 0 Å². The van der Waals surface area contributed by atoms with Crippen LogP contribution < -0.4 is 15.4 Å². The average Bonchev–Trinajstić information content (AvgIpc) is 2.18. The van der Waals surface area contributed by atoms with Crippen molar-refractivity contribution >= 4 is 11.8 Å². The van der Waals surface area contributed by atoms with Gasteiger partial charge in [-0.2, -0.15) is 0 Å². The molecule has 14 heavy (non-hydrogen) atoms. The van der Waals surface area contributed by atoms with Gasteiger partial charge in [0.25, 0.3) is 0 Å². The van der Waals surface area contributed by atoms with E-state index < -0.39 is 6.09 Å². The number of hydrogen-bond donors (Lipinski definition) is 2. The average molecular weight is 194 g/mol. The normalized spacial score (nSPS) is 9.36. The third-order valence-electron chi connectivity index (χ3n) is 1.88. The first kappa shape index (κ1) is 10.4. The zero-order valence-corrected chi connectivity index (χ0v) is 8.55. The summed E-state index contributed by atoms with van der Waals surface area (Å²) in [6, 6.07) is 5.42. The lowest BCUT2D eigenvalue weighted by Crippen LogP contribution is -2.22. The van der Waals surface area contributed by atoms with Crippen molar-refractivity contribution in [1.82, 2.24) is 5.32 Å². The number of anilines is 1. The number of aryl methyl sites for hydroxylation is 1. The summed E-state index contributed by atoms with van der Waals surface area (Å²) in [6.07, 6.45) is -0.457. The molecule has 76 valence electrons. The zero-order valence-electron chi connectivity index (χ0n) is 8.55. The van der Waals surface area contributed by atoms with Gasteiger partial charge >= 0.3 is 6.09 Å². The second-order valence-corrected chi connectivity index (χ2v) is 2.87. The molecule has 2 N–H and O–H groups in total. The van der Waals surface area contributed by atoms with Gasteiger partial charge in [0, 0.05) is 19.8 Å². The molecule has 0 aliphatic carbocycles. The molecule has 1 amide bonds. The van der Waals surface area contributed by atoms with Crippen LogP contribution in [0.3, 0.4) is 0 Å². The first-order valence-electron chi connectivity index (χ1n) is 4.35. The molecule has 1 rings (SSSR count). The second-order valence-electron chi connectivity index (χ2n) is 2.87. The molecular weight excluding hydrogens is 180 g/mol. The number of hydrogen-bond acceptors (Lipinski definition) is 3. The summed E-state index contributed by atoms with van der Waals surface area (Å²) in [4.78, 5) is 10.9. The summed E-state index contributed by atoms with van der Waals surface area (Å²) in [7, 11) is 3.37. The Kier molecular flexibility index (Phi) is 3.34. The topological polar surface area (TPSA) is 50.4 Å². The predicted octanol–water partition coefficient (Wildman–Crippen LogP) is 1.75. The summed E-state index contributed by atoms with van der Waals surface area (Å²) in [6.45, 7) is 1.95. The van der Waals surface area contributed by atoms with Crippen LogP contribution >= 0.6 is 0 Å². The van der Waals surface area contributed by atoms with E-state index in [1.165, 1.54) is 7.05 Å². The van der Waals surface area contributed by atoms with E-state index in [2.05, 4.69) is 10.6 Å². The first-order valence-corrected chi connectivity index (χ1v) is 4.35. The highest BCUT2D eigenvalue weighted by Crippen LogP contribution is 2.20. The van der Waals surface area contributed by atoms with Crippen LogP contribution in [0, 0.1) is 6.92 Å². The number of amides is 1.